The van der Waals surface area contributed by atoms with Gasteiger partial charge in [-0.25, -0.2) is 0 Å². The van der Waals surface area contributed by atoms with E-state index in [2.05, 4.69) is 40.0 Å². The fourth-order valence-corrected chi connectivity index (χ4v) is 12.5. The summed E-state index contributed by atoms with van der Waals surface area (Å²) < 4.78 is 12.9. The Morgan fingerprint density at radius 2 is 1.88 bits per heavy atom. The van der Waals surface area contributed by atoms with Crippen LogP contribution >= 0.6 is 0 Å². The molecule has 0 aromatic carbocycles. The first-order chi connectivity index (χ1) is 7.21. The van der Waals surface area contributed by atoms with E-state index in [0.717, 1.165) is 0 Å². The molecule has 5 heteroatoms. The lowest BCUT2D eigenvalue weighted by Gasteiger charge is -2.55. The summed E-state index contributed by atoms with van der Waals surface area (Å²) in [6, 6.07) is 2.69. The van der Waals surface area contributed by atoms with Crippen molar-refractivity contribution in [3.8, 4) is 0 Å². The summed E-state index contributed by atoms with van der Waals surface area (Å²) in [7, 11) is -3.05. The second-order valence-corrected chi connectivity index (χ2v) is 16.6. The highest BCUT2D eigenvalue weighted by Crippen LogP contribution is 2.51. The van der Waals surface area contributed by atoms with Gasteiger partial charge in [-0.15, -0.1) is 0 Å². The van der Waals surface area contributed by atoms with Gasteiger partial charge in [0.25, 0.3) is 0 Å². The third kappa shape index (κ3) is 2.01. The van der Waals surface area contributed by atoms with Gasteiger partial charge in [0.05, 0.1) is 14.0 Å². The second-order valence-electron chi connectivity index (χ2n) is 6.65. The SMILES string of the molecule is C[SiH](C)OC1(C)CC[Si]1(C)OC1(C)C[SiH]1C. The van der Waals surface area contributed by atoms with Gasteiger partial charge >= 0.3 is 0 Å². The average Bonchev–Trinajstić information content (AvgIpc) is 2.70. The van der Waals surface area contributed by atoms with Crippen LogP contribution in [-0.2, 0) is 8.85 Å². The standard InChI is InChI=1S/C11H26O2Si3/c1-10(9-15(10)5)13-16(6)8-7-11(16,2)12-14(3)4/h14-15H,7-9H2,1-6H3. The molecule has 2 rings (SSSR count). The molecule has 2 nitrogen and oxygen atoms in total. The fourth-order valence-electron chi connectivity index (χ4n) is 2.90. The molecular weight excluding hydrogens is 248 g/mol. The molecule has 94 valence electrons. The van der Waals surface area contributed by atoms with E-state index >= 15 is 0 Å². The van der Waals surface area contributed by atoms with E-state index in [1.807, 2.05) is 0 Å². The zero-order valence-corrected chi connectivity index (χ0v) is 14.9. The summed E-state index contributed by atoms with van der Waals surface area (Å²) in [6.07, 6.45) is 1.23. The Morgan fingerprint density at radius 1 is 1.31 bits per heavy atom. The predicted octanol–water partition coefficient (Wildman–Crippen LogP) is 2.45. The Bertz CT molecular complexity index is 299. The van der Waals surface area contributed by atoms with Gasteiger partial charge in [-0.1, -0.05) is 6.55 Å². The van der Waals surface area contributed by atoms with Crippen molar-refractivity contribution >= 4 is 26.2 Å². The molecule has 0 saturated carbocycles. The molecule has 2 heterocycles. The molecule has 2 saturated heterocycles. The highest BCUT2D eigenvalue weighted by molar-refractivity contribution is 6.81. The van der Waals surface area contributed by atoms with E-state index in [4.69, 9.17) is 8.85 Å². The van der Waals surface area contributed by atoms with Crippen molar-refractivity contribution in [3.05, 3.63) is 0 Å². The molecule has 0 bridgehead atoms. The largest absolute Gasteiger partial charge is 0.415 e. The van der Waals surface area contributed by atoms with Crippen LogP contribution < -0.4 is 0 Å². The van der Waals surface area contributed by atoms with Crippen molar-refractivity contribution in [1.82, 2.24) is 0 Å². The van der Waals surface area contributed by atoms with Gasteiger partial charge in [0, 0.05) is 5.22 Å². The lowest BCUT2D eigenvalue weighted by atomic mass is 10.3. The average molecular weight is 275 g/mol. The van der Waals surface area contributed by atoms with Crippen LogP contribution in [0.15, 0.2) is 0 Å². The molecule has 0 radical (unpaired) electrons. The van der Waals surface area contributed by atoms with Crippen molar-refractivity contribution < 1.29 is 8.85 Å². The van der Waals surface area contributed by atoms with Gasteiger partial charge < -0.3 is 8.85 Å². The quantitative estimate of drug-likeness (QED) is 0.733. The summed E-state index contributed by atoms with van der Waals surface area (Å²) >= 11 is 0. The van der Waals surface area contributed by atoms with Crippen LogP contribution in [-0.4, -0.2) is 36.6 Å². The first-order valence-corrected chi connectivity index (χ1v) is 14.5. The van der Waals surface area contributed by atoms with Gasteiger partial charge in [0.15, 0.2) is 9.04 Å². The van der Waals surface area contributed by atoms with Crippen LogP contribution in [0.2, 0.25) is 38.3 Å². The lowest BCUT2D eigenvalue weighted by molar-refractivity contribution is 0.0714. The Kier molecular flexibility index (Phi) is 3.07. The molecule has 0 amide bonds. The molecule has 0 N–H and O–H groups in total. The smallest absolute Gasteiger partial charge is 0.219 e. The van der Waals surface area contributed by atoms with Crippen LogP contribution in [0.1, 0.15) is 20.3 Å². The van der Waals surface area contributed by atoms with E-state index < -0.39 is 26.2 Å². The molecular formula is C11H26O2Si3. The molecule has 4 unspecified atom stereocenters. The van der Waals surface area contributed by atoms with E-state index in [-0.39, 0.29) is 5.22 Å². The topological polar surface area (TPSA) is 18.5 Å². The Morgan fingerprint density at radius 3 is 2.19 bits per heavy atom. The van der Waals surface area contributed by atoms with Crippen molar-refractivity contribution in [1.29, 1.82) is 0 Å². The summed E-state index contributed by atoms with van der Waals surface area (Å²) in [5.41, 5.74) is 0. The lowest BCUT2D eigenvalue weighted by Crippen LogP contribution is -2.68. The van der Waals surface area contributed by atoms with E-state index in [0.29, 0.717) is 5.22 Å². The Balaban J connectivity index is 2.02. The van der Waals surface area contributed by atoms with Gasteiger partial charge in [-0.2, -0.15) is 0 Å². The molecule has 0 aliphatic carbocycles. The fraction of sp³-hybridized carbons (Fsp3) is 1.00. The van der Waals surface area contributed by atoms with E-state index in [1.54, 1.807) is 0 Å². The van der Waals surface area contributed by atoms with Crippen molar-refractivity contribution in [3.63, 3.8) is 0 Å². The highest BCUT2D eigenvalue weighted by Gasteiger charge is 2.63. The van der Waals surface area contributed by atoms with Crippen molar-refractivity contribution in [2.24, 2.45) is 0 Å². The van der Waals surface area contributed by atoms with Gasteiger partial charge in [0.2, 0.25) is 8.32 Å². The molecule has 2 fully saturated rings. The van der Waals surface area contributed by atoms with Gasteiger partial charge in [0.1, 0.15) is 0 Å². The molecule has 0 aromatic rings. The molecule has 0 aromatic heterocycles. The van der Waals surface area contributed by atoms with Crippen LogP contribution in [0.4, 0.5) is 0 Å². The maximum Gasteiger partial charge on any atom is 0.219 e. The number of hydrogen-bond acceptors (Lipinski definition) is 2. The minimum atomic E-state index is -1.58. The van der Waals surface area contributed by atoms with Crippen LogP contribution in [0, 0.1) is 0 Å². The van der Waals surface area contributed by atoms with Crippen LogP contribution in [0.25, 0.3) is 0 Å². The predicted molar refractivity (Wildman–Crippen MR) is 76.7 cm³/mol. The molecule has 2 aliphatic rings. The normalized spacial score (nSPS) is 51.6. The molecule has 16 heavy (non-hydrogen) atoms. The Labute approximate surface area is 104 Å². The van der Waals surface area contributed by atoms with Gasteiger partial charge in [-0.3, -0.25) is 0 Å². The molecule has 2 aliphatic heterocycles. The summed E-state index contributed by atoms with van der Waals surface area (Å²) in [6.45, 7) is 14.0. The monoisotopic (exact) mass is 274 g/mol. The minimum absolute atomic E-state index is 0.132. The highest BCUT2D eigenvalue weighted by atomic mass is 28.4. The summed E-state index contributed by atoms with van der Waals surface area (Å²) in [5.74, 6) is 0. The number of hydrogen-bond donors (Lipinski definition) is 0. The maximum absolute atomic E-state index is 6.60. The third-order valence-corrected chi connectivity index (χ3v) is 14.2. The third-order valence-electron chi connectivity index (χ3n) is 4.75. The minimum Gasteiger partial charge on any atom is -0.415 e. The maximum atomic E-state index is 6.60. The zero-order chi connectivity index (χ0) is 12.2. The first-order valence-electron chi connectivity index (χ1n) is 6.59. The van der Waals surface area contributed by atoms with Crippen molar-refractivity contribution in [2.75, 3.05) is 0 Å². The molecule has 0 spiro atoms. The second kappa shape index (κ2) is 3.78. The summed E-state index contributed by atoms with van der Waals surface area (Å²) in [4.78, 5) is 0. The first kappa shape index (κ1) is 13.0. The summed E-state index contributed by atoms with van der Waals surface area (Å²) in [5, 5.41) is 0.456. The van der Waals surface area contributed by atoms with Gasteiger partial charge in [-0.05, 0) is 52.0 Å². The van der Waals surface area contributed by atoms with Crippen LogP contribution in [0.5, 0.6) is 0 Å². The van der Waals surface area contributed by atoms with Crippen molar-refractivity contribution in [2.45, 2.75) is 69.0 Å². The van der Waals surface area contributed by atoms with E-state index in [1.165, 1.54) is 18.5 Å². The number of rotatable bonds is 4. The zero-order valence-electron chi connectivity index (χ0n) is 11.6. The molecule has 4 atom stereocenters. The van der Waals surface area contributed by atoms with E-state index in [9.17, 15) is 0 Å². The van der Waals surface area contributed by atoms with Crippen LogP contribution in [0.3, 0.4) is 0 Å². The Hall–Kier alpha value is 0.571.